The van der Waals surface area contributed by atoms with Crippen molar-refractivity contribution in [2.45, 2.75) is 6.42 Å². The van der Waals surface area contributed by atoms with Crippen LogP contribution >= 0.6 is 0 Å². The fourth-order valence-corrected chi connectivity index (χ4v) is 2.77. The van der Waals surface area contributed by atoms with E-state index in [1.54, 1.807) is 18.2 Å². The van der Waals surface area contributed by atoms with Crippen molar-refractivity contribution in [3.63, 3.8) is 0 Å². The molecule has 1 N–H and O–H groups in total. The highest BCUT2D eigenvalue weighted by Gasteiger charge is 2.11. The zero-order valence-corrected chi connectivity index (χ0v) is 16.6. The van der Waals surface area contributed by atoms with Gasteiger partial charge in [-0.2, -0.15) is 0 Å². The zero-order valence-electron chi connectivity index (χ0n) is 16.6. The lowest BCUT2D eigenvalue weighted by atomic mass is 10.1. The highest BCUT2D eigenvalue weighted by atomic mass is 16.5. The predicted molar refractivity (Wildman–Crippen MR) is 119 cm³/mol. The van der Waals surface area contributed by atoms with Crippen molar-refractivity contribution in [1.82, 2.24) is 5.32 Å². The molecular weight excluding hydrogens is 374 g/mol. The Morgan fingerprint density at radius 3 is 2.40 bits per heavy atom. The van der Waals surface area contributed by atoms with Crippen LogP contribution in [0.2, 0.25) is 0 Å². The lowest BCUT2D eigenvalue weighted by Gasteiger charge is -2.10. The molecule has 0 unspecified atom stereocenters. The Bertz CT molecular complexity index is 1050. The van der Waals surface area contributed by atoms with Crippen molar-refractivity contribution in [2.75, 3.05) is 13.2 Å². The molecule has 4 nitrogen and oxygen atoms in total. The molecular formula is C26H23NO3. The Labute approximate surface area is 177 Å². The summed E-state index contributed by atoms with van der Waals surface area (Å²) in [5.41, 5.74) is 1.52. The van der Waals surface area contributed by atoms with Gasteiger partial charge in [-0.3, -0.25) is 4.79 Å². The van der Waals surface area contributed by atoms with Gasteiger partial charge < -0.3 is 14.8 Å². The second-order valence-corrected chi connectivity index (χ2v) is 6.34. The molecule has 0 saturated heterocycles. The van der Waals surface area contributed by atoms with Gasteiger partial charge in [-0.1, -0.05) is 66.4 Å². The van der Waals surface area contributed by atoms with E-state index in [0.717, 1.165) is 17.7 Å². The average molecular weight is 397 g/mol. The maximum Gasteiger partial charge on any atom is 0.255 e. The second kappa shape index (κ2) is 11.1. The van der Waals surface area contributed by atoms with Gasteiger partial charge in [0.1, 0.15) is 23.9 Å². The van der Waals surface area contributed by atoms with Crippen LogP contribution in [-0.2, 0) is 6.42 Å². The second-order valence-electron chi connectivity index (χ2n) is 6.34. The molecule has 3 aromatic carbocycles. The SMILES string of the molecule is C=CCc1ccccc1OCC#CCNC(=O)c1ccccc1Oc1ccccc1. The van der Waals surface area contributed by atoms with Gasteiger partial charge in [0, 0.05) is 0 Å². The summed E-state index contributed by atoms with van der Waals surface area (Å²) in [5.74, 6) is 7.55. The topological polar surface area (TPSA) is 47.6 Å². The number of nitrogens with one attached hydrogen (secondary N) is 1. The molecule has 0 spiro atoms. The summed E-state index contributed by atoms with van der Waals surface area (Å²) in [7, 11) is 0. The Morgan fingerprint density at radius 2 is 1.60 bits per heavy atom. The fourth-order valence-electron chi connectivity index (χ4n) is 2.77. The minimum atomic E-state index is -0.243. The van der Waals surface area contributed by atoms with Gasteiger partial charge in [0.25, 0.3) is 5.91 Å². The van der Waals surface area contributed by atoms with Crippen LogP contribution in [0.15, 0.2) is 91.5 Å². The first-order valence-corrected chi connectivity index (χ1v) is 9.65. The van der Waals surface area contributed by atoms with E-state index in [1.807, 2.05) is 66.7 Å². The summed E-state index contributed by atoms with van der Waals surface area (Å²) < 4.78 is 11.5. The van der Waals surface area contributed by atoms with Crippen LogP contribution in [0.5, 0.6) is 17.2 Å². The summed E-state index contributed by atoms with van der Waals surface area (Å²) in [5, 5.41) is 2.79. The number of amides is 1. The quantitative estimate of drug-likeness (QED) is 0.429. The molecule has 0 heterocycles. The largest absolute Gasteiger partial charge is 0.481 e. The molecule has 0 aromatic heterocycles. The van der Waals surface area contributed by atoms with Crippen LogP contribution < -0.4 is 14.8 Å². The molecule has 4 heteroatoms. The third-order valence-electron chi connectivity index (χ3n) is 4.20. The van der Waals surface area contributed by atoms with Crippen LogP contribution in [-0.4, -0.2) is 19.1 Å². The van der Waals surface area contributed by atoms with E-state index in [0.29, 0.717) is 17.1 Å². The summed E-state index contributed by atoms with van der Waals surface area (Å²) in [6.07, 6.45) is 2.58. The predicted octanol–water partition coefficient (Wildman–Crippen LogP) is 5.02. The molecule has 3 aromatic rings. The summed E-state index contributed by atoms with van der Waals surface area (Å²) in [6, 6.07) is 24.3. The van der Waals surface area contributed by atoms with Crippen LogP contribution in [0.4, 0.5) is 0 Å². The Morgan fingerprint density at radius 1 is 0.900 bits per heavy atom. The van der Waals surface area contributed by atoms with Crippen LogP contribution in [0.1, 0.15) is 15.9 Å². The van der Waals surface area contributed by atoms with Crippen molar-refractivity contribution in [2.24, 2.45) is 0 Å². The molecule has 0 bridgehead atoms. The maximum absolute atomic E-state index is 12.5. The van der Waals surface area contributed by atoms with E-state index >= 15 is 0 Å². The van der Waals surface area contributed by atoms with Crippen LogP contribution in [0, 0.1) is 11.8 Å². The Balaban J connectivity index is 1.52. The van der Waals surface area contributed by atoms with Gasteiger partial charge in [-0.25, -0.2) is 0 Å². The van der Waals surface area contributed by atoms with E-state index in [4.69, 9.17) is 9.47 Å². The molecule has 0 atom stereocenters. The van der Waals surface area contributed by atoms with E-state index in [-0.39, 0.29) is 19.1 Å². The van der Waals surface area contributed by atoms with Gasteiger partial charge in [0.2, 0.25) is 0 Å². The third-order valence-corrected chi connectivity index (χ3v) is 4.20. The molecule has 30 heavy (non-hydrogen) atoms. The molecule has 0 radical (unpaired) electrons. The molecule has 0 aliphatic heterocycles. The number of hydrogen-bond donors (Lipinski definition) is 1. The first-order chi connectivity index (χ1) is 14.8. The molecule has 0 saturated carbocycles. The zero-order chi connectivity index (χ0) is 21.0. The normalized spacial score (nSPS) is 9.73. The standard InChI is InChI=1S/C26H23NO3/c1-2-12-21-13-6-8-17-24(21)29-20-11-10-19-27-26(28)23-16-7-9-18-25(23)30-22-14-4-3-5-15-22/h2-9,13-18H,1,12,19-20H2,(H,27,28). The average Bonchev–Trinajstić information content (AvgIpc) is 2.78. The molecule has 1 amide bonds. The van der Waals surface area contributed by atoms with Crippen molar-refractivity contribution < 1.29 is 14.3 Å². The smallest absolute Gasteiger partial charge is 0.255 e. The number of ether oxygens (including phenoxy) is 2. The number of benzene rings is 3. The lowest BCUT2D eigenvalue weighted by Crippen LogP contribution is -2.24. The van der Waals surface area contributed by atoms with Gasteiger partial charge >= 0.3 is 0 Å². The Kier molecular flexibility index (Phi) is 7.70. The molecule has 0 aliphatic carbocycles. The fraction of sp³-hybridized carbons (Fsp3) is 0.115. The molecule has 3 rings (SSSR count). The monoisotopic (exact) mass is 397 g/mol. The number of rotatable bonds is 8. The highest BCUT2D eigenvalue weighted by molar-refractivity contribution is 5.97. The molecule has 0 aliphatic rings. The van der Waals surface area contributed by atoms with E-state index < -0.39 is 0 Å². The van der Waals surface area contributed by atoms with Crippen LogP contribution in [0.3, 0.4) is 0 Å². The number of carbonyl (C=O) groups is 1. The molecule has 0 fully saturated rings. The van der Waals surface area contributed by atoms with Crippen molar-refractivity contribution in [1.29, 1.82) is 0 Å². The third kappa shape index (κ3) is 6.02. The highest BCUT2D eigenvalue weighted by Crippen LogP contribution is 2.24. The van der Waals surface area contributed by atoms with Crippen molar-refractivity contribution >= 4 is 5.91 Å². The van der Waals surface area contributed by atoms with Gasteiger partial charge in [0.05, 0.1) is 12.1 Å². The van der Waals surface area contributed by atoms with Gasteiger partial charge in [-0.15, -0.1) is 6.58 Å². The summed E-state index contributed by atoms with van der Waals surface area (Å²) in [6.45, 7) is 4.22. The first kappa shape index (κ1) is 20.8. The summed E-state index contributed by atoms with van der Waals surface area (Å²) >= 11 is 0. The van der Waals surface area contributed by atoms with Gasteiger partial charge in [0.15, 0.2) is 0 Å². The van der Waals surface area contributed by atoms with Crippen molar-refractivity contribution in [3.8, 4) is 29.1 Å². The van der Waals surface area contributed by atoms with E-state index in [1.165, 1.54) is 0 Å². The lowest BCUT2D eigenvalue weighted by molar-refractivity contribution is 0.0956. The number of hydrogen-bond acceptors (Lipinski definition) is 3. The number of para-hydroxylation sites is 3. The number of carbonyl (C=O) groups excluding carboxylic acids is 1. The molecule has 150 valence electrons. The van der Waals surface area contributed by atoms with Crippen LogP contribution in [0.25, 0.3) is 0 Å². The maximum atomic E-state index is 12.5. The Hall–Kier alpha value is -3.97. The van der Waals surface area contributed by atoms with Gasteiger partial charge in [-0.05, 0) is 42.3 Å². The van der Waals surface area contributed by atoms with E-state index in [2.05, 4.69) is 23.7 Å². The first-order valence-electron chi connectivity index (χ1n) is 9.65. The minimum absolute atomic E-state index is 0.218. The van der Waals surface area contributed by atoms with E-state index in [9.17, 15) is 4.79 Å². The number of allylic oxidation sites excluding steroid dienone is 1. The summed E-state index contributed by atoms with van der Waals surface area (Å²) in [4.78, 5) is 12.5. The van der Waals surface area contributed by atoms with Crippen molar-refractivity contribution in [3.05, 3.63) is 103 Å². The minimum Gasteiger partial charge on any atom is -0.481 e.